The van der Waals surface area contributed by atoms with E-state index in [-0.39, 0.29) is 24.9 Å². The molecule has 8 heteroatoms. The summed E-state index contributed by atoms with van der Waals surface area (Å²) in [6.07, 6.45) is -0.186. The van der Waals surface area contributed by atoms with Crippen molar-refractivity contribution in [1.29, 1.82) is 0 Å². The van der Waals surface area contributed by atoms with Crippen molar-refractivity contribution in [1.82, 2.24) is 0 Å². The molecule has 0 aromatic heterocycles. The van der Waals surface area contributed by atoms with Crippen LogP contribution in [0, 0.1) is 10.1 Å². The van der Waals surface area contributed by atoms with Crippen LogP contribution >= 0.6 is 7.60 Å². The molecule has 0 heterocycles. The van der Waals surface area contributed by atoms with E-state index < -0.39 is 12.5 Å². The van der Waals surface area contributed by atoms with E-state index in [4.69, 9.17) is 10.3 Å². The van der Waals surface area contributed by atoms with Crippen molar-refractivity contribution in [3.8, 4) is 0 Å². The van der Waals surface area contributed by atoms with E-state index in [1.54, 1.807) is 24.3 Å². The first-order chi connectivity index (χ1) is 10.9. The Morgan fingerprint density at radius 1 is 1.22 bits per heavy atom. The maximum atomic E-state index is 12.1. The second-order valence-electron chi connectivity index (χ2n) is 5.02. The molecule has 23 heavy (non-hydrogen) atoms. The van der Waals surface area contributed by atoms with Gasteiger partial charge in [0.25, 0.3) is 5.69 Å². The fourth-order valence-electron chi connectivity index (χ4n) is 2.06. The van der Waals surface area contributed by atoms with Gasteiger partial charge in [-0.25, -0.2) is 0 Å². The smallest absolute Gasteiger partial charge is 0.328 e. The minimum absolute atomic E-state index is 0.00758. The van der Waals surface area contributed by atoms with Gasteiger partial charge in [0.05, 0.1) is 17.7 Å². The Labute approximate surface area is 133 Å². The number of nitro benzene ring substituents is 1. The van der Waals surface area contributed by atoms with Gasteiger partial charge in [-0.3, -0.25) is 14.7 Å². The first-order valence-electron chi connectivity index (χ1n) is 6.90. The number of nitro groups is 1. The molecule has 1 atom stereocenters. The van der Waals surface area contributed by atoms with Crippen LogP contribution in [0.3, 0.4) is 0 Å². The van der Waals surface area contributed by atoms with Gasteiger partial charge in [0, 0.05) is 17.3 Å². The molecule has 0 bridgehead atoms. The molecule has 1 unspecified atom stereocenters. The predicted octanol–water partition coefficient (Wildman–Crippen LogP) is 3.12. The van der Waals surface area contributed by atoms with E-state index in [1.807, 2.05) is 6.07 Å². The summed E-state index contributed by atoms with van der Waals surface area (Å²) in [4.78, 5) is 20.3. The lowest BCUT2D eigenvalue weighted by Gasteiger charge is -2.12. The fraction of sp³-hybridized carbons (Fsp3) is 0.200. The zero-order valence-electron chi connectivity index (χ0n) is 12.3. The van der Waals surface area contributed by atoms with Crippen LogP contribution in [-0.2, 0) is 22.1 Å². The summed E-state index contributed by atoms with van der Waals surface area (Å²) in [7, 11) is -3.85. The lowest BCUT2D eigenvalue weighted by Crippen LogP contribution is -2.03. The molecule has 2 aromatic carbocycles. The molecule has 7 nitrogen and oxygen atoms in total. The lowest BCUT2D eigenvalue weighted by molar-refractivity contribution is -0.385. The highest BCUT2D eigenvalue weighted by molar-refractivity contribution is 7.52. The first-order valence-corrected chi connectivity index (χ1v) is 8.67. The van der Waals surface area contributed by atoms with Crippen LogP contribution in [0.25, 0.3) is 0 Å². The number of rotatable bonds is 7. The molecule has 0 aliphatic carbocycles. The molecule has 0 aliphatic rings. The van der Waals surface area contributed by atoms with Gasteiger partial charge in [-0.2, -0.15) is 0 Å². The molecule has 0 amide bonds. The Kier molecular flexibility index (Phi) is 5.50. The Morgan fingerprint density at radius 3 is 2.57 bits per heavy atom. The van der Waals surface area contributed by atoms with Crippen LogP contribution in [-0.4, -0.2) is 16.0 Å². The average molecular weight is 336 g/mol. The maximum absolute atomic E-state index is 12.1. The molecular formula is C15H17N2O5P. The van der Waals surface area contributed by atoms with Crippen molar-refractivity contribution in [2.75, 3.05) is 11.9 Å². The van der Waals surface area contributed by atoms with Gasteiger partial charge in [0.1, 0.15) is 0 Å². The molecule has 3 N–H and O–H groups in total. The zero-order valence-corrected chi connectivity index (χ0v) is 13.2. The van der Waals surface area contributed by atoms with Crippen LogP contribution in [0.4, 0.5) is 11.4 Å². The number of hydrogen-bond donors (Lipinski definition) is 2. The van der Waals surface area contributed by atoms with E-state index in [2.05, 4.69) is 0 Å². The molecule has 0 saturated heterocycles. The highest BCUT2D eigenvalue weighted by Gasteiger charge is 2.22. The third-order valence-corrected chi connectivity index (χ3v) is 4.56. The van der Waals surface area contributed by atoms with Crippen LogP contribution in [0.15, 0.2) is 48.5 Å². The SMILES string of the molecule is Nc1ccc([N+](=O)[O-])c(CCP(=O)(O)OCc2ccccc2)c1. The highest BCUT2D eigenvalue weighted by atomic mass is 31.2. The number of nitrogens with two attached hydrogens (primary N) is 1. The standard InChI is InChI=1S/C15H17N2O5P/c16-14-6-7-15(17(18)19)13(10-14)8-9-23(20,21)22-11-12-4-2-1-3-5-12/h1-7,10H,8-9,11,16H2,(H,20,21). The summed E-state index contributed by atoms with van der Waals surface area (Å²) in [6, 6.07) is 13.2. The normalized spacial score (nSPS) is 13.4. The van der Waals surface area contributed by atoms with Gasteiger partial charge in [-0.1, -0.05) is 30.3 Å². The minimum Gasteiger partial charge on any atom is -0.399 e. The Bertz CT molecular complexity index is 736. The largest absolute Gasteiger partial charge is 0.399 e. The summed E-state index contributed by atoms with van der Waals surface area (Å²) < 4.78 is 17.1. The summed E-state index contributed by atoms with van der Waals surface area (Å²) in [5.74, 6) is 0. The van der Waals surface area contributed by atoms with Crippen LogP contribution in [0.5, 0.6) is 0 Å². The van der Waals surface area contributed by atoms with E-state index in [0.29, 0.717) is 11.3 Å². The minimum atomic E-state index is -3.85. The van der Waals surface area contributed by atoms with Crippen molar-refractivity contribution >= 4 is 19.0 Å². The van der Waals surface area contributed by atoms with E-state index >= 15 is 0 Å². The van der Waals surface area contributed by atoms with Crippen LogP contribution in [0.2, 0.25) is 0 Å². The summed E-state index contributed by atoms with van der Waals surface area (Å²) in [5, 5.41) is 11.0. The zero-order chi connectivity index (χ0) is 16.9. The Hall–Kier alpha value is -2.21. The highest BCUT2D eigenvalue weighted by Crippen LogP contribution is 2.43. The van der Waals surface area contributed by atoms with Gasteiger partial charge in [-0.15, -0.1) is 0 Å². The van der Waals surface area contributed by atoms with E-state index in [9.17, 15) is 19.6 Å². The summed E-state index contributed by atoms with van der Waals surface area (Å²) in [6.45, 7) is 0.00758. The third kappa shape index (κ3) is 5.17. The van der Waals surface area contributed by atoms with Crippen LogP contribution < -0.4 is 5.73 Å². The van der Waals surface area contributed by atoms with Crippen molar-refractivity contribution in [3.05, 3.63) is 69.8 Å². The molecule has 2 aromatic rings. The lowest BCUT2D eigenvalue weighted by atomic mass is 10.1. The van der Waals surface area contributed by atoms with Gasteiger partial charge in [0.15, 0.2) is 0 Å². The van der Waals surface area contributed by atoms with Crippen molar-refractivity contribution < 1.29 is 18.9 Å². The van der Waals surface area contributed by atoms with E-state index in [1.165, 1.54) is 18.2 Å². The molecule has 2 rings (SSSR count). The fourth-order valence-corrected chi connectivity index (χ4v) is 3.06. The van der Waals surface area contributed by atoms with Gasteiger partial charge >= 0.3 is 7.60 Å². The Morgan fingerprint density at radius 2 is 1.91 bits per heavy atom. The molecule has 0 spiro atoms. The molecule has 0 fully saturated rings. The van der Waals surface area contributed by atoms with Gasteiger partial charge in [-0.05, 0) is 24.1 Å². The van der Waals surface area contributed by atoms with Crippen molar-refractivity contribution in [3.63, 3.8) is 0 Å². The van der Waals surface area contributed by atoms with Crippen LogP contribution in [0.1, 0.15) is 11.1 Å². The second kappa shape index (κ2) is 7.37. The maximum Gasteiger partial charge on any atom is 0.328 e. The van der Waals surface area contributed by atoms with Gasteiger partial charge in [0.2, 0.25) is 0 Å². The number of aryl methyl sites for hydroxylation is 1. The Balaban J connectivity index is 2.00. The molecule has 0 saturated carbocycles. The van der Waals surface area contributed by atoms with Gasteiger partial charge < -0.3 is 15.2 Å². The predicted molar refractivity (Wildman–Crippen MR) is 87.1 cm³/mol. The first kappa shape index (κ1) is 17.1. The average Bonchev–Trinajstić information content (AvgIpc) is 2.52. The summed E-state index contributed by atoms with van der Waals surface area (Å²) >= 11 is 0. The monoisotopic (exact) mass is 336 g/mol. The third-order valence-electron chi connectivity index (χ3n) is 3.24. The number of benzene rings is 2. The number of anilines is 1. The number of hydrogen-bond acceptors (Lipinski definition) is 5. The summed E-state index contributed by atoms with van der Waals surface area (Å²) in [5.41, 5.74) is 6.95. The molecule has 0 aliphatic heterocycles. The van der Waals surface area contributed by atoms with Crippen molar-refractivity contribution in [2.45, 2.75) is 13.0 Å². The second-order valence-corrected chi connectivity index (χ2v) is 7.00. The van der Waals surface area contributed by atoms with E-state index in [0.717, 1.165) is 5.56 Å². The molecule has 122 valence electrons. The number of nitrogen functional groups attached to an aromatic ring is 1. The van der Waals surface area contributed by atoms with Crippen molar-refractivity contribution in [2.24, 2.45) is 0 Å². The topological polar surface area (TPSA) is 116 Å². The number of nitrogens with zero attached hydrogens (tertiary/aromatic N) is 1. The quantitative estimate of drug-likeness (QED) is 0.347. The molecule has 0 radical (unpaired) electrons. The molecular weight excluding hydrogens is 319 g/mol.